The second-order valence-electron chi connectivity index (χ2n) is 11.3. The number of aryl methyl sites for hydroxylation is 1. The van der Waals surface area contributed by atoms with Gasteiger partial charge in [0.15, 0.2) is 5.82 Å². The molecule has 2 aromatic heterocycles. The van der Waals surface area contributed by atoms with E-state index in [1.54, 1.807) is 12.1 Å². The summed E-state index contributed by atoms with van der Waals surface area (Å²) in [6, 6.07) is 9.17. The van der Waals surface area contributed by atoms with Crippen molar-refractivity contribution >= 4 is 17.6 Å². The van der Waals surface area contributed by atoms with Gasteiger partial charge in [-0.3, -0.25) is 9.59 Å². The van der Waals surface area contributed by atoms with Crippen LogP contribution in [0.25, 0.3) is 11.1 Å². The number of halogens is 3. The third-order valence-electron chi connectivity index (χ3n) is 7.20. The van der Waals surface area contributed by atoms with E-state index >= 15 is 0 Å². The summed E-state index contributed by atoms with van der Waals surface area (Å²) in [5.41, 5.74) is 3.41. The van der Waals surface area contributed by atoms with Gasteiger partial charge in [-0.25, -0.2) is 4.98 Å². The maximum Gasteiger partial charge on any atom is 0.392 e. The number of hydrogen-bond acceptors (Lipinski definition) is 6. The topological polar surface area (TPSA) is 110 Å². The van der Waals surface area contributed by atoms with Crippen molar-refractivity contribution in [1.29, 1.82) is 0 Å². The van der Waals surface area contributed by atoms with E-state index in [2.05, 4.69) is 25.8 Å². The average molecular weight is 542 g/mol. The van der Waals surface area contributed by atoms with Crippen molar-refractivity contribution in [2.24, 2.45) is 11.8 Å². The Labute approximate surface area is 223 Å². The van der Waals surface area contributed by atoms with E-state index in [1.807, 2.05) is 39.0 Å². The summed E-state index contributed by atoms with van der Waals surface area (Å²) in [7, 11) is 0. The number of nitrogens with one attached hydrogen (secondary N) is 2. The smallest absolute Gasteiger partial charge is 0.341 e. The minimum atomic E-state index is -4.36. The molecule has 2 aliphatic rings. The lowest BCUT2D eigenvalue weighted by molar-refractivity contribution is -0.153. The Bertz CT molecular complexity index is 1400. The number of anilines is 1. The Morgan fingerprint density at radius 3 is 2.51 bits per heavy atom. The third-order valence-corrected chi connectivity index (χ3v) is 7.20. The van der Waals surface area contributed by atoms with Gasteiger partial charge in [-0.1, -0.05) is 50.5 Å². The summed E-state index contributed by atoms with van der Waals surface area (Å²) in [4.78, 5) is 33.6. The fraction of sp³-hybridized carbons (Fsp3) is 0.464. The molecule has 0 bridgehead atoms. The van der Waals surface area contributed by atoms with Gasteiger partial charge in [0.05, 0.1) is 17.9 Å². The fourth-order valence-corrected chi connectivity index (χ4v) is 4.90. The second kappa shape index (κ2) is 10.1. The number of carbonyl (C=O) groups excluding carboxylic acids is 2. The Morgan fingerprint density at radius 2 is 1.82 bits per heavy atom. The van der Waals surface area contributed by atoms with Crippen molar-refractivity contribution in [3.8, 4) is 11.1 Å². The molecular formula is C28H30F3N5O3. The monoisotopic (exact) mass is 541 g/mol. The number of fused-ring (bicyclic) bond motifs is 1. The molecule has 3 unspecified atom stereocenters. The van der Waals surface area contributed by atoms with Crippen LogP contribution in [0.15, 0.2) is 41.1 Å². The maximum absolute atomic E-state index is 12.9. The molecule has 1 fully saturated rings. The van der Waals surface area contributed by atoms with Gasteiger partial charge >= 0.3 is 18.0 Å². The first-order valence-electron chi connectivity index (χ1n) is 13.0. The molecule has 11 heteroatoms. The van der Waals surface area contributed by atoms with Crippen LogP contribution in [0.1, 0.15) is 80.1 Å². The van der Waals surface area contributed by atoms with Gasteiger partial charge in [0.25, 0.3) is 0 Å². The largest absolute Gasteiger partial charge is 0.392 e. The zero-order chi connectivity index (χ0) is 27.9. The molecule has 2 amide bonds. The molecule has 0 aliphatic heterocycles. The predicted octanol–water partition coefficient (Wildman–Crippen LogP) is 5.76. The van der Waals surface area contributed by atoms with Crippen LogP contribution < -0.4 is 10.6 Å². The van der Waals surface area contributed by atoms with Crippen LogP contribution in [-0.2, 0) is 16.6 Å². The van der Waals surface area contributed by atoms with Gasteiger partial charge in [0, 0.05) is 11.6 Å². The minimum Gasteiger partial charge on any atom is -0.341 e. The minimum absolute atomic E-state index is 0.0681. The Morgan fingerprint density at radius 1 is 1.05 bits per heavy atom. The number of alkyl halides is 3. The highest BCUT2D eigenvalue weighted by molar-refractivity contribution is 5.94. The molecule has 0 spiro atoms. The highest BCUT2D eigenvalue weighted by Crippen LogP contribution is 2.50. The summed E-state index contributed by atoms with van der Waals surface area (Å²) < 4.78 is 43.7. The number of aromatic nitrogens is 3. The molecule has 3 atom stereocenters. The lowest BCUT2D eigenvalue weighted by Crippen LogP contribution is -2.29. The Balaban J connectivity index is 1.31. The Kier molecular flexibility index (Phi) is 6.94. The summed E-state index contributed by atoms with van der Waals surface area (Å²) in [6.45, 7) is 5.82. The maximum atomic E-state index is 12.9. The van der Waals surface area contributed by atoms with Crippen LogP contribution in [0, 0.1) is 11.8 Å². The van der Waals surface area contributed by atoms with Crippen LogP contribution in [0.2, 0.25) is 0 Å². The third kappa shape index (κ3) is 5.97. The number of amides is 2. The van der Waals surface area contributed by atoms with Crippen molar-refractivity contribution in [3.05, 3.63) is 59.4 Å². The zero-order valence-electron chi connectivity index (χ0n) is 21.9. The molecule has 5 rings (SSSR count). The summed E-state index contributed by atoms with van der Waals surface area (Å²) in [6.07, 6.45) is 0.445. The summed E-state index contributed by atoms with van der Waals surface area (Å²) >= 11 is 0. The van der Waals surface area contributed by atoms with Crippen molar-refractivity contribution < 1.29 is 27.3 Å². The molecule has 0 radical (unpaired) electrons. The summed E-state index contributed by atoms with van der Waals surface area (Å²) in [5.74, 6) is -3.14. The van der Waals surface area contributed by atoms with E-state index in [4.69, 9.17) is 4.52 Å². The standard InChI is InChI=1S/C28H30F3N5O3/c1-27(2,3)26-35-25(39-36-26)24(38)33-21-7-5-4-6-17-12-15(8-9-18(17)21)16-10-11-32-22(13-16)34-23(37)19-14-20(19)28(29,30)31/h8-13,19-21H,4-7,14H2,1-3H3,(H,33,38)(H,32,34,37). The predicted molar refractivity (Wildman–Crippen MR) is 137 cm³/mol. The van der Waals surface area contributed by atoms with E-state index in [0.29, 0.717) is 5.82 Å². The highest BCUT2D eigenvalue weighted by atomic mass is 19.4. The molecule has 2 N–H and O–H groups in total. The van der Waals surface area contributed by atoms with Gasteiger partial charge in [0.1, 0.15) is 5.82 Å². The SMILES string of the molecule is CC(C)(C)c1noc(C(=O)NC2CCCCc3cc(-c4ccnc(NC(=O)C5CC5C(F)(F)F)c4)ccc32)n1. The molecule has 206 valence electrons. The Hall–Kier alpha value is -3.76. The van der Waals surface area contributed by atoms with Gasteiger partial charge in [-0.05, 0) is 60.1 Å². The van der Waals surface area contributed by atoms with Crippen molar-refractivity contribution in [3.63, 3.8) is 0 Å². The first-order chi connectivity index (χ1) is 18.4. The molecule has 0 saturated heterocycles. The molecule has 2 aliphatic carbocycles. The summed E-state index contributed by atoms with van der Waals surface area (Å²) in [5, 5.41) is 9.50. The fourth-order valence-electron chi connectivity index (χ4n) is 4.90. The molecule has 1 aromatic carbocycles. The van der Waals surface area contributed by atoms with Gasteiger partial charge in [-0.15, -0.1) is 0 Å². The van der Waals surface area contributed by atoms with E-state index in [-0.39, 0.29) is 29.6 Å². The van der Waals surface area contributed by atoms with Crippen molar-refractivity contribution in [1.82, 2.24) is 20.4 Å². The van der Waals surface area contributed by atoms with Crippen LogP contribution in [0.5, 0.6) is 0 Å². The first-order valence-corrected chi connectivity index (χ1v) is 13.0. The molecule has 2 heterocycles. The van der Waals surface area contributed by atoms with Gasteiger partial charge in [-0.2, -0.15) is 18.2 Å². The van der Waals surface area contributed by atoms with Crippen LogP contribution in [0.4, 0.5) is 19.0 Å². The number of hydrogen-bond donors (Lipinski definition) is 2. The normalized spacial score (nSPS) is 21.0. The molecule has 39 heavy (non-hydrogen) atoms. The molecule has 3 aromatic rings. The molecule has 1 saturated carbocycles. The number of rotatable bonds is 5. The van der Waals surface area contributed by atoms with Crippen molar-refractivity contribution in [2.45, 2.75) is 70.5 Å². The van der Waals surface area contributed by atoms with E-state index in [0.717, 1.165) is 47.9 Å². The lowest BCUT2D eigenvalue weighted by Gasteiger charge is -2.19. The first kappa shape index (κ1) is 26.8. The van der Waals surface area contributed by atoms with E-state index in [9.17, 15) is 22.8 Å². The van der Waals surface area contributed by atoms with Crippen LogP contribution in [-0.4, -0.2) is 33.1 Å². The van der Waals surface area contributed by atoms with E-state index in [1.165, 1.54) is 6.20 Å². The second-order valence-corrected chi connectivity index (χ2v) is 11.3. The highest BCUT2D eigenvalue weighted by Gasteiger charge is 2.58. The van der Waals surface area contributed by atoms with E-state index < -0.39 is 29.8 Å². The number of nitrogens with zero attached hydrogens (tertiary/aromatic N) is 3. The lowest BCUT2D eigenvalue weighted by atomic mass is 9.94. The molecular weight excluding hydrogens is 511 g/mol. The average Bonchev–Trinajstić information content (AvgIpc) is 3.58. The van der Waals surface area contributed by atoms with Crippen LogP contribution >= 0.6 is 0 Å². The zero-order valence-corrected chi connectivity index (χ0v) is 21.9. The van der Waals surface area contributed by atoms with Gasteiger partial charge in [0.2, 0.25) is 5.91 Å². The number of pyridine rings is 1. The van der Waals surface area contributed by atoms with Crippen molar-refractivity contribution in [2.75, 3.05) is 5.32 Å². The number of benzene rings is 1. The van der Waals surface area contributed by atoms with Gasteiger partial charge < -0.3 is 15.2 Å². The number of carbonyl (C=O) groups is 2. The molecule has 8 nitrogen and oxygen atoms in total. The quantitative estimate of drug-likeness (QED) is 0.397. The van der Waals surface area contributed by atoms with Crippen LogP contribution in [0.3, 0.4) is 0 Å².